The average molecular weight is 344 g/mol. The maximum atomic E-state index is 13.0. The number of hydrogen-bond donors (Lipinski definition) is 1. The minimum absolute atomic E-state index is 0.0478. The van der Waals surface area contributed by atoms with E-state index in [1.165, 1.54) is 18.6 Å². The summed E-state index contributed by atoms with van der Waals surface area (Å²) in [5.74, 6) is 0.698. The van der Waals surface area contributed by atoms with E-state index < -0.39 is 0 Å². The Morgan fingerprint density at radius 1 is 1.04 bits per heavy atom. The third kappa shape index (κ3) is 3.55. The predicted molar refractivity (Wildman–Crippen MR) is 92.3 cm³/mol. The number of likely N-dealkylation sites (tertiary alicyclic amines) is 1. The average Bonchev–Trinajstić information content (AvgIpc) is 3.34. The first-order valence-electron chi connectivity index (χ1n) is 9.46. The fraction of sp³-hybridized carbons (Fsp3) is 0.600. The lowest BCUT2D eigenvalue weighted by Gasteiger charge is -2.34. The van der Waals surface area contributed by atoms with Gasteiger partial charge in [-0.3, -0.25) is 9.59 Å². The third-order valence-electron chi connectivity index (χ3n) is 6.03. The van der Waals surface area contributed by atoms with Crippen LogP contribution in [0.5, 0.6) is 0 Å². The summed E-state index contributed by atoms with van der Waals surface area (Å²) in [6, 6.07) is 6.71. The van der Waals surface area contributed by atoms with Gasteiger partial charge in [-0.15, -0.1) is 0 Å². The quantitative estimate of drug-likeness (QED) is 0.913. The van der Waals surface area contributed by atoms with E-state index in [0.717, 1.165) is 50.8 Å². The molecule has 1 N–H and O–H groups in total. The van der Waals surface area contributed by atoms with Gasteiger partial charge in [0.25, 0.3) is 0 Å². The standard InChI is InChI=1S/C20H25FN2O2/c21-15-6-4-13(5-7-15)17-12-18(17)20(25)23-10-8-16(9-11-23)22-19(24)14-2-1-3-14/h4-7,14,16-18H,1-3,8-12H2,(H,22,24)/t17-,18-/m0/s1. The number of nitrogens with one attached hydrogen (secondary N) is 1. The topological polar surface area (TPSA) is 49.4 Å². The Bertz CT molecular complexity index is 648. The number of nitrogens with zero attached hydrogens (tertiary/aromatic N) is 1. The van der Waals surface area contributed by atoms with Gasteiger partial charge in [-0.05, 0) is 55.7 Å². The molecule has 25 heavy (non-hydrogen) atoms. The van der Waals surface area contributed by atoms with E-state index in [1.54, 1.807) is 12.1 Å². The third-order valence-corrected chi connectivity index (χ3v) is 6.03. The van der Waals surface area contributed by atoms with Gasteiger partial charge in [-0.25, -0.2) is 4.39 Å². The molecule has 2 atom stereocenters. The first kappa shape index (κ1) is 16.6. The zero-order chi connectivity index (χ0) is 17.4. The van der Waals surface area contributed by atoms with Crippen LogP contribution in [0.25, 0.3) is 0 Å². The highest BCUT2D eigenvalue weighted by molar-refractivity contribution is 5.83. The number of hydrogen-bond acceptors (Lipinski definition) is 2. The molecule has 134 valence electrons. The van der Waals surface area contributed by atoms with Gasteiger partial charge < -0.3 is 10.2 Å². The second-order valence-corrected chi connectivity index (χ2v) is 7.74. The number of carbonyl (C=O) groups excluding carboxylic acids is 2. The van der Waals surface area contributed by atoms with Gasteiger partial charge >= 0.3 is 0 Å². The Morgan fingerprint density at radius 3 is 2.32 bits per heavy atom. The van der Waals surface area contributed by atoms with Crippen LogP contribution in [-0.2, 0) is 9.59 Å². The molecule has 0 spiro atoms. The Kier molecular flexibility index (Phi) is 4.48. The summed E-state index contributed by atoms with van der Waals surface area (Å²) in [5.41, 5.74) is 1.06. The second-order valence-electron chi connectivity index (χ2n) is 7.74. The zero-order valence-electron chi connectivity index (χ0n) is 14.4. The van der Waals surface area contributed by atoms with Crippen molar-refractivity contribution in [3.05, 3.63) is 35.6 Å². The largest absolute Gasteiger partial charge is 0.353 e. The molecule has 0 bridgehead atoms. The molecule has 0 unspecified atom stereocenters. The summed E-state index contributed by atoms with van der Waals surface area (Å²) in [6.07, 6.45) is 5.77. The summed E-state index contributed by atoms with van der Waals surface area (Å²) in [6.45, 7) is 1.45. The van der Waals surface area contributed by atoms with Crippen molar-refractivity contribution >= 4 is 11.8 Å². The minimum atomic E-state index is -0.238. The Morgan fingerprint density at radius 2 is 1.72 bits per heavy atom. The molecule has 1 aliphatic heterocycles. The van der Waals surface area contributed by atoms with Crippen molar-refractivity contribution in [1.29, 1.82) is 0 Å². The van der Waals surface area contributed by atoms with Crippen LogP contribution in [0.2, 0.25) is 0 Å². The first-order valence-corrected chi connectivity index (χ1v) is 9.46. The highest BCUT2D eigenvalue weighted by atomic mass is 19.1. The lowest BCUT2D eigenvalue weighted by atomic mass is 9.84. The van der Waals surface area contributed by atoms with Crippen molar-refractivity contribution in [1.82, 2.24) is 10.2 Å². The Balaban J connectivity index is 1.24. The van der Waals surface area contributed by atoms with E-state index in [0.29, 0.717) is 0 Å². The van der Waals surface area contributed by atoms with Crippen LogP contribution in [0, 0.1) is 17.7 Å². The van der Waals surface area contributed by atoms with E-state index in [2.05, 4.69) is 5.32 Å². The molecular formula is C20H25FN2O2. The smallest absolute Gasteiger partial charge is 0.226 e. The molecule has 2 aliphatic carbocycles. The summed E-state index contributed by atoms with van der Waals surface area (Å²) < 4.78 is 13.0. The van der Waals surface area contributed by atoms with Gasteiger partial charge in [-0.2, -0.15) is 0 Å². The maximum Gasteiger partial charge on any atom is 0.226 e. The Labute approximate surface area is 147 Å². The van der Waals surface area contributed by atoms with Gasteiger partial charge in [0.2, 0.25) is 11.8 Å². The van der Waals surface area contributed by atoms with Crippen LogP contribution >= 0.6 is 0 Å². The molecule has 0 radical (unpaired) electrons. The van der Waals surface area contributed by atoms with Crippen LogP contribution in [0.4, 0.5) is 4.39 Å². The maximum absolute atomic E-state index is 13.0. The Hall–Kier alpha value is -1.91. The van der Waals surface area contributed by atoms with Gasteiger partial charge in [0.1, 0.15) is 5.82 Å². The molecule has 3 fully saturated rings. The lowest BCUT2D eigenvalue weighted by molar-refractivity contribution is -0.134. The number of benzene rings is 1. The molecule has 2 saturated carbocycles. The van der Waals surface area contributed by atoms with Crippen LogP contribution < -0.4 is 5.32 Å². The van der Waals surface area contributed by atoms with E-state index in [-0.39, 0.29) is 41.4 Å². The highest BCUT2D eigenvalue weighted by Crippen LogP contribution is 2.48. The van der Waals surface area contributed by atoms with Gasteiger partial charge in [0.05, 0.1) is 0 Å². The van der Waals surface area contributed by atoms with E-state index in [1.807, 2.05) is 4.90 Å². The van der Waals surface area contributed by atoms with Crippen molar-refractivity contribution in [3.8, 4) is 0 Å². The molecule has 1 heterocycles. The number of halogens is 1. The predicted octanol–water partition coefficient (Wildman–Crippen LogP) is 2.84. The lowest BCUT2D eigenvalue weighted by Crippen LogP contribution is -2.48. The number of rotatable bonds is 4. The summed E-state index contributed by atoms with van der Waals surface area (Å²) in [4.78, 5) is 26.6. The molecule has 1 aromatic carbocycles. The van der Waals surface area contributed by atoms with Crippen LogP contribution in [-0.4, -0.2) is 35.8 Å². The van der Waals surface area contributed by atoms with Gasteiger partial charge in [-0.1, -0.05) is 18.6 Å². The van der Waals surface area contributed by atoms with Crippen molar-refractivity contribution < 1.29 is 14.0 Å². The van der Waals surface area contributed by atoms with Crippen molar-refractivity contribution in [3.63, 3.8) is 0 Å². The zero-order valence-corrected chi connectivity index (χ0v) is 14.4. The van der Waals surface area contributed by atoms with E-state index >= 15 is 0 Å². The minimum Gasteiger partial charge on any atom is -0.353 e. The molecule has 5 heteroatoms. The fourth-order valence-corrected chi connectivity index (χ4v) is 4.01. The summed E-state index contributed by atoms with van der Waals surface area (Å²) in [5, 5.41) is 3.15. The van der Waals surface area contributed by atoms with Gasteiger partial charge in [0.15, 0.2) is 0 Å². The number of carbonyl (C=O) groups is 2. The van der Waals surface area contributed by atoms with Crippen molar-refractivity contribution in [2.75, 3.05) is 13.1 Å². The van der Waals surface area contributed by atoms with E-state index in [4.69, 9.17) is 0 Å². The molecule has 1 aromatic rings. The van der Waals surface area contributed by atoms with E-state index in [9.17, 15) is 14.0 Å². The molecule has 4 rings (SSSR count). The normalized spacial score (nSPS) is 26.8. The van der Waals surface area contributed by atoms with Crippen LogP contribution in [0.1, 0.15) is 50.0 Å². The molecular weight excluding hydrogens is 319 g/mol. The monoisotopic (exact) mass is 344 g/mol. The SMILES string of the molecule is O=C(NC1CCN(C(=O)[C@H]2C[C@H]2c2ccc(F)cc2)CC1)C1CCC1. The molecule has 1 saturated heterocycles. The first-order chi connectivity index (χ1) is 12.1. The highest BCUT2D eigenvalue weighted by Gasteiger charge is 2.46. The molecule has 3 aliphatic rings. The molecule has 4 nitrogen and oxygen atoms in total. The molecule has 0 aromatic heterocycles. The second kappa shape index (κ2) is 6.77. The van der Waals surface area contributed by atoms with Crippen molar-refractivity contribution in [2.45, 2.75) is 50.5 Å². The summed E-state index contributed by atoms with van der Waals surface area (Å²) >= 11 is 0. The fourth-order valence-electron chi connectivity index (χ4n) is 4.01. The van der Waals surface area contributed by atoms with Crippen LogP contribution in [0.15, 0.2) is 24.3 Å². The van der Waals surface area contributed by atoms with Crippen molar-refractivity contribution in [2.24, 2.45) is 11.8 Å². The number of piperidine rings is 1. The number of amides is 2. The van der Waals surface area contributed by atoms with Gasteiger partial charge in [0, 0.05) is 31.0 Å². The molecule has 2 amide bonds. The van der Waals surface area contributed by atoms with Crippen LogP contribution in [0.3, 0.4) is 0 Å². The summed E-state index contributed by atoms with van der Waals surface area (Å²) in [7, 11) is 0.